The number of fused-ring (bicyclic) bond motifs is 1. The Hall–Kier alpha value is -3.30. The molecule has 0 radical (unpaired) electrons. The van der Waals surface area contributed by atoms with Gasteiger partial charge in [0.1, 0.15) is 5.69 Å². The van der Waals surface area contributed by atoms with E-state index in [1.807, 2.05) is 18.2 Å². The van der Waals surface area contributed by atoms with Crippen LogP contribution in [0.15, 0.2) is 65.6 Å². The number of sulfonamides is 1. The van der Waals surface area contributed by atoms with Crippen LogP contribution in [0.3, 0.4) is 0 Å². The van der Waals surface area contributed by atoms with Crippen molar-refractivity contribution in [1.82, 2.24) is 20.1 Å². The first-order chi connectivity index (χ1) is 15.9. The van der Waals surface area contributed by atoms with Crippen LogP contribution >= 0.6 is 0 Å². The number of carbonyl (C=O) groups excluding carboxylic acids is 2. The molecule has 8 nitrogen and oxygen atoms in total. The summed E-state index contributed by atoms with van der Waals surface area (Å²) in [5, 5.41) is 0.905. The molecular weight excluding hydrogens is 440 g/mol. The lowest BCUT2D eigenvalue weighted by molar-refractivity contribution is 0.0844. The standard InChI is InChI=1S/C24H26N4O4S/c1-28(19-8-3-2-4-9-19)33(31,32)20-14-11-18(12-15-20)23(29)26-27-24(30)22-16-13-17-7-5-6-10-21(17)25-22/h5-7,10-16,19H,2-4,8-9H2,1H3,(H,26,29)(H,27,30). The zero-order valence-corrected chi connectivity index (χ0v) is 19.1. The number of amides is 2. The minimum atomic E-state index is -3.64. The Bertz CT molecular complexity index is 1270. The predicted octanol–water partition coefficient (Wildman–Crippen LogP) is 3.26. The summed E-state index contributed by atoms with van der Waals surface area (Å²) in [7, 11) is -2.02. The molecule has 0 bridgehead atoms. The van der Waals surface area contributed by atoms with Crippen molar-refractivity contribution in [2.24, 2.45) is 0 Å². The van der Waals surface area contributed by atoms with Crippen molar-refractivity contribution < 1.29 is 18.0 Å². The lowest BCUT2D eigenvalue weighted by atomic mass is 9.96. The predicted molar refractivity (Wildman–Crippen MR) is 125 cm³/mol. The molecule has 1 aliphatic rings. The van der Waals surface area contributed by atoms with Crippen molar-refractivity contribution in [2.45, 2.75) is 43.0 Å². The van der Waals surface area contributed by atoms with Gasteiger partial charge in [-0.15, -0.1) is 0 Å². The van der Waals surface area contributed by atoms with E-state index in [2.05, 4.69) is 15.8 Å². The van der Waals surface area contributed by atoms with Crippen molar-refractivity contribution in [3.05, 3.63) is 71.9 Å². The average Bonchev–Trinajstić information content (AvgIpc) is 2.86. The van der Waals surface area contributed by atoms with E-state index < -0.39 is 21.8 Å². The monoisotopic (exact) mass is 466 g/mol. The lowest BCUT2D eigenvalue weighted by Gasteiger charge is -2.30. The number of hydrazine groups is 1. The molecule has 1 heterocycles. The summed E-state index contributed by atoms with van der Waals surface area (Å²) < 4.78 is 27.3. The molecule has 2 N–H and O–H groups in total. The van der Waals surface area contributed by atoms with Crippen molar-refractivity contribution in [1.29, 1.82) is 0 Å². The molecule has 0 spiro atoms. The fourth-order valence-corrected chi connectivity index (χ4v) is 5.44. The van der Waals surface area contributed by atoms with Crippen molar-refractivity contribution in [3.8, 4) is 0 Å². The Morgan fingerprint density at radius 1 is 0.879 bits per heavy atom. The number of hydrogen-bond donors (Lipinski definition) is 2. The van der Waals surface area contributed by atoms with E-state index in [1.165, 1.54) is 28.6 Å². The third kappa shape index (κ3) is 5.04. The Morgan fingerprint density at radius 2 is 1.55 bits per heavy atom. The molecule has 172 valence electrons. The smallest absolute Gasteiger partial charge is 0.267 e. The van der Waals surface area contributed by atoms with Crippen molar-refractivity contribution >= 4 is 32.7 Å². The number of aromatic nitrogens is 1. The number of para-hydroxylation sites is 1. The molecule has 0 saturated heterocycles. The van der Waals surface area contributed by atoms with E-state index >= 15 is 0 Å². The number of pyridine rings is 1. The fraction of sp³-hybridized carbons (Fsp3) is 0.292. The number of nitrogens with one attached hydrogen (secondary N) is 2. The van der Waals surface area contributed by atoms with Crippen LogP contribution in [0.4, 0.5) is 0 Å². The van der Waals surface area contributed by atoms with Gasteiger partial charge in [0, 0.05) is 24.0 Å². The second-order valence-corrected chi connectivity index (χ2v) is 10.1. The number of rotatable bonds is 5. The maximum Gasteiger partial charge on any atom is 0.288 e. The number of hydrogen-bond acceptors (Lipinski definition) is 5. The highest BCUT2D eigenvalue weighted by Gasteiger charge is 2.29. The Morgan fingerprint density at radius 3 is 2.27 bits per heavy atom. The van der Waals surface area contributed by atoms with Gasteiger partial charge in [0.15, 0.2) is 0 Å². The molecule has 9 heteroatoms. The third-order valence-corrected chi connectivity index (χ3v) is 7.93. The zero-order chi connectivity index (χ0) is 23.4. The summed E-state index contributed by atoms with van der Waals surface area (Å²) >= 11 is 0. The first-order valence-corrected chi connectivity index (χ1v) is 12.3. The number of nitrogens with zero attached hydrogens (tertiary/aromatic N) is 2. The summed E-state index contributed by atoms with van der Waals surface area (Å²) in [6.45, 7) is 0. The molecule has 4 rings (SSSR count). The van der Waals surface area contributed by atoms with Crippen LogP contribution in [0.2, 0.25) is 0 Å². The molecule has 0 unspecified atom stereocenters. The van der Waals surface area contributed by atoms with Gasteiger partial charge in [-0.05, 0) is 49.2 Å². The second-order valence-electron chi connectivity index (χ2n) is 8.13. The molecule has 0 atom stereocenters. The average molecular weight is 467 g/mol. The summed E-state index contributed by atoms with van der Waals surface area (Å²) in [6, 6.07) is 16.4. The molecule has 1 fully saturated rings. The van der Waals surface area contributed by atoms with E-state index in [1.54, 1.807) is 25.2 Å². The fourth-order valence-electron chi connectivity index (χ4n) is 4.03. The molecule has 0 aliphatic heterocycles. The number of carbonyl (C=O) groups is 2. The van der Waals surface area contributed by atoms with Gasteiger partial charge in [-0.1, -0.05) is 43.5 Å². The summed E-state index contributed by atoms with van der Waals surface area (Å²) in [4.78, 5) is 29.2. The van der Waals surface area contributed by atoms with E-state index in [0.717, 1.165) is 37.5 Å². The first kappa shape index (κ1) is 22.9. The molecule has 1 saturated carbocycles. The highest BCUT2D eigenvalue weighted by atomic mass is 32.2. The van der Waals surface area contributed by atoms with Crippen LogP contribution in [-0.2, 0) is 10.0 Å². The first-order valence-electron chi connectivity index (χ1n) is 10.9. The van der Waals surface area contributed by atoms with Gasteiger partial charge >= 0.3 is 0 Å². The van der Waals surface area contributed by atoms with Gasteiger partial charge in [0.25, 0.3) is 11.8 Å². The van der Waals surface area contributed by atoms with Crippen LogP contribution in [0.25, 0.3) is 10.9 Å². The molecule has 2 amide bonds. The van der Waals surface area contributed by atoms with Crippen LogP contribution < -0.4 is 10.9 Å². The topological polar surface area (TPSA) is 108 Å². The van der Waals surface area contributed by atoms with Gasteiger partial charge in [0.05, 0.1) is 10.4 Å². The number of benzene rings is 2. The minimum Gasteiger partial charge on any atom is -0.267 e. The highest BCUT2D eigenvalue weighted by Crippen LogP contribution is 2.26. The largest absolute Gasteiger partial charge is 0.288 e. The molecule has 33 heavy (non-hydrogen) atoms. The van der Waals surface area contributed by atoms with Gasteiger partial charge < -0.3 is 0 Å². The van der Waals surface area contributed by atoms with E-state index in [-0.39, 0.29) is 22.2 Å². The minimum absolute atomic E-state index is 0.00524. The Labute approximate surface area is 193 Å². The molecule has 3 aromatic rings. The van der Waals surface area contributed by atoms with Crippen LogP contribution in [0.1, 0.15) is 53.0 Å². The Balaban J connectivity index is 1.39. The third-order valence-electron chi connectivity index (χ3n) is 6.00. The zero-order valence-electron chi connectivity index (χ0n) is 18.3. The van der Waals surface area contributed by atoms with E-state index in [4.69, 9.17) is 0 Å². The van der Waals surface area contributed by atoms with Gasteiger partial charge in [-0.25, -0.2) is 13.4 Å². The second kappa shape index (κ2) is 9.68. The molecule has 2 aromatic carbocycles. The van der Waals surface area contributed by atoms with Gasteiger partial charge in [-0.2, -0.15) is 4.31 Å². The van der Waals surface area contributed by atoms with E-state index in [0.29, 0.717) is 5.52 Å². The SMILES string of the molecule is CN(C1CCCCC1)S(=O)(=O)c1ccc(C(=O)NNC(=O)c2ccc3ccccc3n2)cc1. The maximum atomic E-state index is 12.9. The summed E-state index contributed by atoms with van der Waals surface area (Å²) in [5.41, 5.74) is 5.74. The molecule has 1 aliphatic carbocycles. The van der Waals surface area contributed by atoms with Crippen LogP contribution in [-0.4, -0.2) is 42.6 Å². The quantitative estimate of drug-likeness (QED) is 0.561. The summed E-state index contributed by atoms with van der Waals surface area (Å²) in [5.74, 6) is -1.11. The van der Waals surface area contributed by atoms with Crippen LogP contribution in [0.5, 0.6) is 0 Å². The maximum absolute atomic E-state index is 12.9. The van der Waals surface area contributed by atoms with Gasteiger partial charge in [-0.3, -0.25) is 20.4 Å². The summed E-state index contributed by atoms with van der Waals surface area (Å²) in [6.07, 6.45) is 4.93. The highest BCUT2D eigenvalue weighted by molar-refractivity contribution is 7.89. The van der Waals surface area contributed by atoms with Crippen molar-refractivity contribution in [3.63, 3.8) is 0 Å². The van der Waals surface area contributed by atoms with Gasteiger partial charge in [0.2, 0.25) is 10.0 Å². The van der Waals surface area contributed by atoms with Crippen LogP contribution in [0, 0.1) is 0 Å². The lowest BCUT2D eigenvalue weighted by Crippen LogP contribution is -2.42. The molecule has 1 aromatic heterocycles. The normalized spacial score (nSPS) is 14.8. The van der Waals surface area contributed by atoms with E-state index in [9.17, 15) is 18.0 Å². The Kier molecular flexibility index (Phi) is 6.71. The molecular formula is C24H26N4O4S. The van der Waals surface area contributed by atoms with Crippen molar-refractivity contribution in [2.75, 3.05) is 7.05 Å².